The van der Waals surface area contributed by atoms with Crippen molar-refractivity contribution in [3.05, 3.63) is 48.1 Å². The van der Waals surface area contributed by atoms with Crippen LogP contribution in [-0.4, -0.2) is 73.5 Å². The van der Waals surface area contributed by atoms with Gasteiger partial charge in [0.1, 0.15) is 12.0 Å². The van der Waals surface area contributed by atoms with Gasteiger partial charge in [-0.15, -0.1) is 24.0 Å². The molecule has 0 aromatic carbocycles. The third-order valence-corrected chi connectivity index (χ3v) is 6.20. The fourth-order valence-electron chi connectivity index (χ4n) is 2.97. The molecule has 3 rings (SSSR count). The first-order valence-electron chi connectivity index (χ1n) is 8.80. The zero-order valence-corrected chi connectivity index (χ0v) is 18.8. The number of aliphatic imine (C=N–C) groups is 1. The minimum absolute atomic E-state index is 0. The molecule has 0 saturated carbocycles. The molecule has 9 nitrogen and oxygen atoms in total. The summed E-state index contributed by atoms with van der Waals surface area (Å²) in [5.74, 6) is 0.647. The van der Waals surface area contributed by atoms with Gasteiger partial charge in [-0.3, -0.25) is 9.98 Å². The molecular formula is C17H25IN6O3S. The van der Waals surface area contributed by atoms with Crippen LogP contribution in [0.1, 0.15) is 11.3 Å². The van der Waals surface area contributed by atoms with E-state index in [4.69, 9.17) is 4.52 Å². The Kier molecular flexibility index (Phi) is 8.63. The van der Waals surface area contributed by atoms with Crippen LogP contribution in [0, 0.1) is 0 Å². The highest BCUT2D eigenvalue weighted by atomic mass is 127. The quantitative estimate of drug-likeness (QED) is 0.344. The van der Waals surface area contributed by atoms with Crippen LogP contribution in [-0.2, 0) is 22.2 Å². The van der Waals surface area contributed by atoms with Gasteiger partial charge < -0.3 is 14.7 Å². The van der Waals surface area contributed by atoms with E-state index in [9.17, 15) is 8.42 Å². The maximum Gasteiger partial charge on any atom is 0.220 e. The maximum absolute atomic E-state index is 12.5. The van der Waals surface area contributed by atoms with Gasteiger partial charge in [0.15, 0.2) is 5.96 Å². The molecule has 3 heterocycles. The van der Waals surface area contributed by atoms with Crippen molar-refractivity contribution < 1.29 is 12.9 Å². The number of pyridine rings is 1. The van der Waals surface area contributed by atoms with E-state index in [1.165, 1.54) is 10.6 Å². The molecule has 0 amide bonds. The normalized spacial score (nSPS) is 15.9. The number of rotatable bonds is 6. The molecule has 0 radical (unpaired) electrons. The summed E-state index contributed by atoms with van der Waals surface area (Å²) in [6.07, 6.45) is 5.83. The highest BCUT2D eigenvalue weighted by Gasteiger charge is 2.28. The number of piperazine rings is 1. The molecule has 11 heteroatoms. The first-order chi connectivity index (χ1) is 13.1. The molecule has 1 saturated heterocycles. The first kappa shape index (κ1) is 22.6. The Morgan fingerprint density at radius 3 is 2.68 bits per heavy atom. The minimum Gasteiger partial charge on any atom is -0.364 e. The molecule has 2 aromatic rings. The smallest absolute Gasteiger partial charge is 0.220 e. The Labute approximate surface area is 182 Å². The van der Waals surface area contributed by atoms with Crippen LogP contribution >= 0.6 is 24.0 Å². The van der Waals surface area contributed by atoms with Gasteiger partial charge in [-0.2, -0.15) is 4.31 Å². The van der Waals surface area contributed by atoms with Crippen molar-refractivity contribution >= 4 is 40.0 Å². The Morgan fingerprint density at radius 2 is 2.07 bits per heavy atom. The average Bonchev–Trinajstić information content (AvgIpc) is 3.18. The van der Waals surface area contributed by atoms with E-state index in [0.29, 0.717) is 31.9 Å². The topological polar surface area (TPSA) is 104 Å². The summed E-state index contributed by atoms with van der Waals surface area (Å²) in [4.78, 5) is 10.5. The SMILES string of the molecule is CN=C(NCCc1cccnc1)N1CCN(S(=O)(=O)Cc2ccon2)CC1.I. The number of aromatic nitrogens is 2. The predicted molar refractivity (Wildman–Crippen MR) is 117 cm³/mol. The summed E-state index contributed by atoms with van der Waals surface area (Å²) in [5, 5.41) is 7.02. The zero-order chi connectivity index (χ0) is 19.1. The van der Waals surface area contributed by atoms with Gasteiger partial charge in [-0.1, -0.05) is 11.2 Å². The molecular weight excluding hydrogens is 495 g/mol. The summed E-state index contributed by atoms with van der Waals surface area (Å²) in [7, 11) is -1.66. The van der Waals surface area contributed by atoms with E-state index in [2.05, 4.69) is 25.3 Å². The van der Waals surface area contributed by atoms with Crippen LogP contribution in [0.3, 0.4) is 0 Å². The fraction of sp³-hybridized carbons (Fsp3) is 0.471. The third-order valence-electron chi connectivity index (χ3n) is 4.38. The van der Waals surface area contributed by atoms with E-state index >= 15 is 0 Å². The number of halogens is 1. The lowest BCUT2D eigenvalue weighted by atomic mass is 10.2. The van der Waals surface area contributed by atoms with Gasteiger partial charge in [0.05, 0.1) is 5.69 Å². The van der Waals surface area contributed by atoms with Gasteiger partial charge in [0.2, 0.25) is 10.0 Å². The molecule has 0 unspecified atom stereocenters. The highest BCUT2D eigenvalue weighted by Crippen LogP contribution is 2.12. The second-order valence-electron chi connectivity index (χ2n) is 6.22. The number of hydrogen-bond donors (Lipinski definition) is 1. The minimum atomic E-state index is -3.40. The number of hydrogen-bond acceptors (Lipinski definition) is 6. The average molecular weight is 520 g/mol. The number of nitrogens with one attached hydrogen (secondary N) is 1. The predicted octanol–water partition coefficient (Wildman–Crippen LogP) is 0.953. The monoisotopic (exact) mass is 520 g/mol. The second kappa shape index (κ2) is 10.7. The molecule has 0 spiro atoms. The van der Waals surface area contributed by atoms with Crippen molar-refractivity contribution in [1.29, 1.82) is 0 Å². The molecule has 0 aliphatic carbocycles. The molecule has 2 aromatic heterocycles. The summed E-state index contributed by atoms with van der Waals surface area (Å²) >= 11 is 0. The molecule has 1 aliphatic rings. The van der Waals surface area contributed by atoms with Crippen molar-refractivity contribution in [2.75, 3.05) is 39.8 Å². The van der Waals surface area contributed by atoms with Crippen molar-refractivity contribution in [2.45, 2.75) is 12.2 Å². The van der Waals surface area contributed by atoms with E-state index in [1.54, 1.807) is 19.3 Å². The molecule has 0 bridgehead atoms. The third kappa shape index (κ3) is 6.14. The Bertz CT molecular complexity index is 837. The second-order valence-corrected chi connectivity index (χ2v) is 8.19. The van der Waals surface area contributed by atoms with Crippen LogP contribution in [0.15, 0.2) is 46.4 Å². The summed E-state index contributed by atoms with van der Waals surface area (Å²) in [6, 6.07) is 5.53. The molecule has 1 N–H and O–H groups in total. The van der Waals surface area contributed by atoms with Crippen molar-refractivity contribution in [2.24, 2.45) is 4.99 Å². The Balaban J connectivity index is 0.00000280. The van der Waals surface area contributed by atoms with Crippen LogP contribution in [0.25, 0.3) is 0 Å². The zero-order valence-electron chi connectivity index (χ0n) is 15.7. The van der Waals surface area contributed by atoms with Crippen molar-refractivity contribution in [1.82, 2.24) is 24.7 Å². The molecule has 28 heavy (non-hydrogen) atoms. The van der Waals surface area contributed by atoms with Crippen LogP contribution in [0.5, 0.6) is 0 Å². The Hall–Kier alpha value is -1.73. The summed E-state index contributed by atoms with van der Waals surface area (Å²) < 4.78 is 31.2. The standard InChI is InChI=1S/C17H24N6O3S.HI/c1-18-17(20-7-4-15-3-2-6-19-13-15)22-8-10-23(11-9-22)27(24,25)14-16-5-12-26-21-16;/h2-3,5-6,12-13H,4,7-11,14H2,1H3,(H,18,20);1H. The lowest BCUT2D eigenvalue weighted by molar-refractivity contribution is 0.260. The van der Waals surface area contributed by atoms with E-state index in [1.807, 2.05) is 18.3 Å². The van der Waals surface area contributed by atoms with Gasteiger partial charge in [0.25, 0.3) is 0 Å². The molecule has 0 atom stereocenters. The van der Waals surface area contributed by atoms with Gasteiger partial charge in [0, 0.05) is 58.2 Å². The Morgan fingerprint density at radius 1 is 1.29 bits per heavy atom. The van der Waals surface area contributed by atoms with Gasteiger partial charge in [-0.25, -0.2) is 8.42 Å². The molecule has 1 fully saturated rings. The first-order valence-corrected chi connectivity index (χ1v) is 10.4. The van der Waals surface area contributed by atoms with E-state index in [0.717, 1.165) is 24.5 Å². The largest absolute Gasteiger partial charge is 0.364 e. The van der Waals surface area contributed by atoms with Crippen LogP contribution < -0.4 is 5.32 Å². The summed E-state index contributed by atoms with van der Waals surface area (Å²) in [6.45, 7) is 2.76. The lowest BCUT2D eigenvalue weighted by Gasteiger charge is -2.35. The fourth-order valence-corrected chi connectivity index (χ4v) is 4.39. The van der Waals surface area contributed by atoms with Gasteiger partial charge >= 0.3 is 0 Å². The van der Waals surface area contributed by atoms with Crippen molar-refractivity contribution in [3.8, 4) is 0 Å². The number of nitrogens with zero attached hydrogens (tertiary/aromatic N) is 5. The molecule has 1 aliphatic heterocycles. The number of sulfonamides is 1. The van der Waals surface area contributed by atoms with Gasteiger partial charge in [-0.05, 0) is 18.1 Å². The van der Waals surface area contributed by atoms with Crippen LogP contribution in [0.4, 0.5) is 0 Å². The van der Waals surface area contributed by atoms with Crippen molar-refractivity contribution in [3.63, 3.8) is 0 Å². The summed E-state index contributed by atoms with van der Waals surface area (Å²) in [5.41, 5.74) is 1.58. The van der Waals surface area contributed by atoms with E-state index in [-0.39, 0.29) is 29.7 Å². The highest BCUT2D eigenvalue weighted by molar-refractivity contribution is 14.0. The van der Waals surface area contributed by atoms with Crippen LogP contribution in [0.2, 0.25) is 0 Å². The maximum atomic E-state index is 12.5. The molecule has 154 valence electrons. The lowest BCUT2D eigenvalue weighted by Crippen LogP contribution is -2.54. The number of guanidine groups is 1. The van der Waals surface area contributed by atoms with E-state index < -0.39 is 10.0 Å².